The van der Waals surface area contributed by atoms with Crippen LogP contribution in [0.2, 0.25) is 0 Å². The summed E-state index contributed by atoms with van der Waals surface area (Å²) in [6, 6.07) is 0. The molecule has 0 aromatic carbocycles. The summed E-state index contributed by atoms with van der Waals surface area (Å²) < 4.78 is 0. The minimum absolute atomic E-state index is 0.0112. The van der Waals surface area contributed by atoms with Crippen LogP contribution in [-0.4, -0.2) is 25.1 Å². The highest BCUT2D eigenvalue weighted by atomic mass is 32.1. The highest BCUT2D eigenvalue weighted by molar-refractivity contribution is 7.12. The van der Waals surface area contributed by atoms with Crippen LogP contribution in [0.1, 0.15) is 22.2 Å². The van der Waals surface area contributed by atoms with Crippen LogP contribution in [-0.2, 0) is 6.42 Å². The van der Waals surface area contributed by atoms with Crippen LogP contribution in [0.4, 0.5) is 5.69 Å². The molecular formula is C12H15N5OS. The highest BCUT2D eigenvalue weighted by Gasteiger charge is 2.29. The molecule has 1 unspecified atom stereocenters. The standard InChI is InChI=1S/C12H15N5OS/c1-2-7-9(4-19-10(7)11(13)18)17-6-16-12-8(17)3-14-5-15-12/h3-4,6,12,14-15H,2,5H2,1H3,(H2,13,18). The molecule has 3 rings (SSSR count). The number of hydrogen-bond donors (Lipinski definition) is 3. The first kappa shape index (κ1) is 12.2. The van der Waals surface area contributed by atoms with E-state index in [-0.39, 0.29) is 12.1 Å². The number of thiophene rings is 1. The van der Waals surface area contributed by atoms with Crippen molar-refractivity contribution in [1.82, 2.24) is 10.6 Å². The van der Waals surface area contributed by atoms with Crippen LogP contribution in [0, 0.1) is 0 Å². The number of nitrogens with two attached hydrogens (primary N) is 1. The van der Waals surface area contributed by atoms with Crippen molar-refractivity contribution in [3.05, 3.63) is 27.7 Å². The lowest BCUT2D eigenvalue weighted by atomic mass is 10.1. The SMILES string of the molecule is CCc1c(N2C=NC3NCNC=C32)csc1C(N)=O. The zero-order chi connectivity index (χ0) is 13.4. The van der Waals surface area contributed by atoms with Crippen molar-refractivity contribution in [2.24, 2.45) is 10.7 Å². The molecule has 7 heteroatoms. The second-order valence-corrected chi connectivity index (χ2v) is 5.22. The average molecular weight is 277 g/mol. The van der Waals surface area contributed by atoms with Crippen molar-refractivity contribution in [1.29, 1.82) is 0 Å². The predicted octanol–water partition coefficient (Wildman–Crippen LogP) is 0.576. The van der Waals surface area contributed by atoms with Crippen LogP contribution in [0.3, 0.4) is 0 Å². The summed E-state index contributed by atoms with van der Waals surface area (Å²) >= 11 is 1.39. The smallest absolute Gasteiger partial charge is 0.259 e. The topological polar surface area (TPSA) is 82.8 Å². The average Bonchev–Trinajstić information content (AvgIpc) is 3.01. The Hall–Kier alpha value is -1.86. The van der Waals surface area contributed by atoms with Crippen molar-refractivity contribution < 1.29 is 4.79 Å². The zero-order valence-electron chi connectivity index (χ0n) is 10.5. The molecule has 1 amide bonds. The van der Waals surface area contributed by atoms with Crippen molar-refractivity contribution >= 4 is 29.3 Å². The van der Waals surface area contributed by atoms with Gasteiger partial charge >= 0.3 is 0 Å². The Morgan fingerprint density at radius 2 is 2.53 bits per heavy atom. The lowest BCUT2D eigenvalue weighted by Gasteiger charge is -2.25. The predicted molar refractivity (Wildman–Crippen MR) is 76.2 cm³/mol. The Morgan fingerprint density at radius 1 is 1.68 bits per heavy atom. The van der Waals surface area contributed by atoms with Crippen molar-refractivity contribution in [2.75, 3.05) is 11.6 Å². The van der Waals surface area contributed by atoms with E-state index in [0.29, 0.717) is 11.5 Å². The summed E-state index contributed by atoms with van der Waals surface area (Å²) in [7, 11) is 0. The molecule has 2 aliphatic rings. The van der Waals surface area contributed by atoms with Crippen LogP contribution in [0.15, 0.2) is 22.3 Å². The van der Waals surface area contributed by atoms with E-state index in [1.165, 1.54) is 11.3 Å². The van der Waals surface area contributed by atoms with Gasteiger partial charge in [0, 0.05) is 11.6 Å². The minimum atomic E-state index is -0.366. The van der Waals surface area contributed by atoms with E-state index in [1.54, 1.807) is 6.34 Å². The van der Waals surface area contributed by atoms with Gasteiger partial charge in [0.1, 0.15) is 6.17 Å². The van der Waals surface area contributed by atoms with Crippen LogP contribution < -0.4 is 21.3 Å². The molecule has 0 radical (unpaired) electrons. The molecule has 0 bridgehead atoms. The number of nitrogens with zero attached hydrogens (tertiary/aromatic N) is 2. The first-order chi connectivity index (χ1) is 9.22. The van der Waals surface area contributed by atoms with Gasteiger partial charge in [0.25, 0.3) is 5.91 Å². The van der Waals surface area contributed by atoms with E-state index in [1.807, 2.05) is 23.4 Å². The second kappa shape index (κ2) is 4.67. The third-order valence-corrected chi connectivity index (χ3v) is 4.27. The van der Waals surface area contributed by atoms with E-state index < -0.39 is 0 Å². The van der Waals surface area contributed by atoms with Crippen molar-refractivity contribution in [2.45, 2.75) is 19.5 Å². The summed E-state index contributed by atoms with van der Waals surface area (Å²) in [6.07, 6.45) is 4.50. The van der Waals surface area contributed by atoms with Gasteiger partial charge in [-0.25, -0.2) is 4.99 Å². The first-order valence-corrected chi connectivity index (χ1v) is 7.00. The minimum Gasteiger partial charge on any atom is -0.377 e. The number of aliphatic imine (C=N–C) groups is 1. The largest absolute Gasteiger partial charge is 0.377 e. The summed E-state index contributed by atoms with van der Waals surface area (Å²) in [5.74, 6) is -0.366. The zero-order valence-corrected chi connectivity index (χ0v) is 11.3. The Balaban J connectivity index is 2.01. The van der Waals surface area contributed by atoms with Gasteiger partial charge in [-0.05, 0) is 12.0 Å². The van der Waals surface area contributed by atoms with Crippen molar-refractivity contribution in [3.8, 4) is 0 Å². The maximum Gasteiger partial charge on any atom is 0.259 e. The number of amides is 1. The summed E-state index contributed by atoms with van der Waals surface area (Å²) in [5, 5.41) is 8.34. The molecule has 0 aliphatic carbocycles. The molecule has 100 valence electrons. The molecule has 0 fully saturated rings. The second-order valence-electron chi connectivity index (χ2n) is 4.34. The third kappa shape index (κ3) is 1.91. The number of rotatable bonds is 3. The first-order valence-electron chi connectivity index (χ1n) is 6.12. The number of primary amides is 1. The Labute approximate surface area is 115 Å². The molecule has 0 saturated heterocycles. The number of carbonyl (C=O) groups is 1. The molecule has 0 saturated carbocycles. The summed E-state index contributed by atoms with van der Waals surface area (Å²) in [5.41, 5.74) is 8.42. The normalized spacial score (nSPS) is 21.0. The Kier molecular flexibility index (Phi) is 3.00. The molecule has 4 N–H and O–H groups in total. The fraction of sp³-hybridized carbons (Fsp3) is 0.333. The number of nitrogens with one attached hydrogen (secondary N) is 2. The van der Waals surface area contributed by atoms with Gasteiger partial charge in [0.2, 0.25) is 0 Å². The molecule has 0 spiro atoms. The maximum atomic E-state index is 11.4. The van der Waals surface area contributed by atoms with E-state index in [2.05, 4.69) is 15.6 Å². The molecule has 1 aromatic heterocycles. The molecular weight excluding hydrogens is 262 g/mol. The third-order valence-electron chi connectivity index (χ3n) is 3.25. The Bertz CT molecular complexity index is 577. The fourth-order valence-electron chi connectivity index (χ4n) is 2.35. The molecule has 3 heterocycles. The molecule has 6 nitrogen and oxygen atoms in total. The maximum absolute atomic E-state index is 11.4. The lowest BCUT2D eigenvalue weighted by molar-refractivity contribution is 0.100. The van der Waals surface area contributed by atoms with Crippen LogP contribution in [0.25, 0.3) is 0 Å². The van der Waals surface area contributed by atoms with Gasteiger partial charge in [0.15, 0.2) is 0 Å². The van der Waals surface area contributed by atoms with Crippen LogP contribution in [0.5, 0.6) is 0 Å². The van der Waals surface area contributed by atoms with Gasteiger partial charge < -0.3 is 11.1 Å². The summed E-state index contributed by atoms with van der Waals surface area (Å²) in [4.78, 5) is 18.5. The van der Waals surface area contributed by atoms with E-state index in [4.69, 9.17) is 5.73 Å². The highest BCUT2D eigenvalue weighted by Crippen LogP contribution is 2.34. The van der Waals surface area contributed by atoms with Gasteiger partial charge in [-0.15, -0.1) is 11.3 Å². The number of anilines is 1. The molecule has 2 aliphatic heterocycles. The molecule has 1 aromatic rings. The Morgan fingerprint density at radius 3 is 3.26 bits per heavy atom. The number of carbonyl (C=O) groups excluding carboxylic acids is 1. The van der Waals surface area contributed by atoms with Crippen LogP contribution >= 0.6 is 11.3 Å². The molecule has 1 atom stereocenters. The number of fused-ring (bicyclic) bond motifs is 1. The van der Waals surface area contributed by atoms with Gasteiger partial charge in [-0.3, -0.25) is 15.0 Å². The quantitative estimate of drug-likeness (QED) is 0.754. The monoisotopic (exact) mass is 277 g/mol. The van der Waals surface area contributed by atoms with Crippen molar-refractivity contribution in [3.63, 3.8) is 0 Å². The van der Waals surface area contributed by atoms with Gasteiger partial charge in [0.05, 0.1) is 29.3 Å². The van der Waals surface area contributed by atoms with Gasteiger partial charge in [-0.1, -0.05) is 6.92 Å². The van der Waals surface area contributed by atoms with E-state index in [0.717, 1.165) is 23.4 Å². The lowest BCUT2D eigenvalue weighted by Crippen LogP contribution is -2.42. The fourth-order valence-corrected chi connectivity index (χ4v) is 3.34. The summed E-state index contributed by atoms with van der Waals surface area (Å²) in [6.45, 7) is 2.73. The van der Waals surface area contributed by atoms with E-state index in [9.17, 15) is 4.79 Å². The number of hydrogen-bond acceptors (Lipinski definition) is 6. The van der Waals surface area contributed by atoms with E-state index >= 15 is 0 Å². The van der Waals surface area contributed by atoms with Gasteiger partial charge in [-0.2, -0.15) is 0 Å². The molecule has 19 heavy (non-hydrogen) atoms.